The smallest absolute Gasteiger partial charge is 0.0693 e. The van der Waals surface area contributed by atoms with E-state index in [0.717, 1.165) is 0 Å². The molecule has 1 aromatic heterocycles. The largest absolute Gasteiger partial charge is 0.296 e. The Labute approximate surface area is 119 Å². The minimum atomic E-state index is 0.533. The van der Waals surface area contributed by atoms with Crippen molar-refractivity contribution in [3.63, 3.8) is 0 Å². The monoisotopic (exact) mass is 268 g/mol. The number of piperidine rings is 1. The summed E-state index contributed by atoms with van der Waals surface area (Å²) in [6.45, 7) is 2.34. The Kier molecular flexibility index (Phi) is 3.03. The summed E-state index contributed by atoms with van der Waals surface area (Å²) in [5.41, 5.74) is 3.11. The predicted molar refractivity (Wildman–Crippen MR) is 77.4 cm³/mol. The molecule has 4 rings (SSSR count). The lowest BCUT2D eigenvalue weighted by Crippen LogP contribution is -2.36. The van der Waals surface area contributed by atoms with E-state index in [1.165, 1.54) is 38.8 Å². The van der Waals surface area contributed by atoms with Gasteiger partial charge in [0.15, 0.2) is 0 Å². The molecule has 1 aromatic carbocycles. The lowest BCUT2D eigenvalue weighted by Gasteiger charge is -2.36. The molecule has 0 amide bonds. The third kappa shape index (κ3) is 2.04. The zero-order valence-corrected chi connectivity index (χ0v) is 11.7. The number of aromatic nitrogens is 3. The maximum atomic E-state index is 4.15. The highest BCUT2D eigenvalue weighted by molar-refractivity contribution is 5.34. The minimum absolute atomic E-state index is 0.533. The maximum absolute atomic E-state index is 4.15. The van der Waals surface area contributed by atoms with Crippen LogP contribution < -0.4 is 0 Å². The van der Waals surface area contributed by atoms with Crippen LogP contribution in [0.2, 0.25) is 0 Å². The van der Waals surface area contributed by atoms with E-state index in [1.807, 2.05) is 10.9 Å². The Hall–Kier alpha value is -1.68. The van der Waals surface area contributed by atoms with Gasteiger partial charge in [-0.05, 0) is 36.8 Å². The zero-order chi connectivity index (χ0) is 13.4. The second-order valence-electron chi connectivity index (χ2n) is 5.90. The standard InChI is InChI=1S/C16H20N4/c1-2-4-15-13(3-1)5-6-16(15)19-10-7-14(8-11-19)20-12-9-17-18-20/h1-4,9,12,14,16H,5-8,10-11H2. The second kappa shape index (κ2) is 5.02. The molecule has 1 unspecified atom stereocenters. The van der Waals surface area contributed by atoms with E-state index in [2.05, 4.69) is 39.5 Å². The predicted octanol–water partition coefficient (Wildman–Crippen LogP) is 2.60. The Bertz CT molecular complexity index is 570. The Morgan fingerprint density at radius 1 is 1.05 bits per heavy atom. The molecule has 0 spiro atoms. The Morgan fingerprint density at radius 2 is 1.90 bits per heavy atom. The van der Waals surface area contributed by atoms with Crippen molar-refractivity contribution in [2.45, 2.75) is 37.8 Å². The van der Waals surface area contributed by atoms with Crippen molar-refractivity contribution in [3.8, 4) is 0 Å². The van der Waals surface area contributed by atoms with Gasteiger partial charge < -0.3 is 0 Å². The molecule has 1 saturated heterocycles. The summed E-state index contributed by atoms with van der Waals surface area (Å²) >= 11 is 0. The van der Waals surface area contributed by atoms with E-state index in [0.29, 0.717) is 12.1 Å². The van der Waals surface area contributed by atoms with Crippen LogP contribution in [0.5, 0.6) is 0 Å². The zero-order valence-electron chi connectivity index (χ0n) is 11.7. The molecule has 1 fully saturated rings. The summed E-state index contributed by atoms with van der Waals surface area (Å²) in [6, 6.07) is 10.1. The molecule has 4 nitrogen and oxygen atoms in total. The van der Waals surface area contributed by atoms with Crippen molar-refractivity contribution in [3.05, 3.63) is 47.8 Å². The highest BCUT2D eigenvalue weighted by atomic mass is 15.4. The first-order chi connectivity index (χ1) is 9.92. The average Bonchev–Trinajstić information content (AvgIpc) is 3.17. The average molecular weight is 268 g/mol. The van der Waals surface area contributed by atoms with Gasteiger partial charge in [-0.15, -0.1) is 5.10 Å². The fourth-order valence-corrected chi connectivity index (χ4v) is 3.79. The molecule has 2 aromatic rings. The van der Waals surface area contributed by atoms with Crippen LogP contribution in [0.3, 0.4) is 0 Å². The molecule has 0 saturated carbocycles. The summed E-state index contributed by atoms with van der Waals surface area (Å²) in [6.07, 6.45) is 8.66. The topological polar surface area (TPSA) is 34.0 Å². The van der Waals surface area contributed by atoms with Crippen molar-refractivity contribution in [1.29, 1.82) is 0 Å². The molecule has 0 N–H and O–H groups in total. The highest BCUT2D eigenvalue weighted by Crippen LogP contribution is 2.38. The van der Waals surface area contributed by atoms with Crippen LogP contribution in [0.1, 0.15) is 42.5 Å². The van der Waals surface area contributed by atoms with E-state index in [4.69, 9.17) is 0 Å². The molecular formula is C16H20N4. The van der Waals surface area contributed by atoms with Gasteiger partial charge in [0, 0.05) is 25.3 Å². The summed E-state index contributed by atoms with van der Waals surface area (Å²) in [4.78, 5) is 2.67. The van der Waals surface area contributed by atoms with Crippen LogP contribution >= 0.6 is 0 Å². The molecule has 2 heterocycles. The number of fused-ring (bicyclic) bond motifs is 1. The van der Waals surface area contributed by atoms with Crippen LogP contribution in [0.25, 0.3) is 0 Å². The van der Waals surface area contributed by atoms with E-state index in [1.54, 1.807) is 17.3 Å². The third-order valence-corrected chi connectivity index (χ3v) is 4.86. The molecule has 1 aliphatic carbocycles. The molecule has 1 aliphatic heterocycles. The van der Waals surface area contributed by atoms with Crippen LogP contribution in [0.15, 0.2) is 36.7 Å². The van der Waals surface area contributed by atoms with Crippen molar-refractivity contribution in [2.24, 2.45) is 0 Å². The van der Waals surface area contributed by atoms with E-state index < -0.39 is 0 Å². The SMILES string of the molecule is c1ccc2c(c1)CCC2N1CCC(n2ccnn2)CC1. The number of likely N-dealkylation sites (tertiary alicyclic amines) is 1. The summed E-state index contributed by atoms with van der Waals surface area (Å²) < 4.78 is 2.03. The summed E-state index contributed by atoms with van der Waals surface area (Å²) in [5, 5.41) is 8.07. The lowest BCUT2D eigenvalue weighted by atomic mass is 10.0. The van der Waals surface area contributed by atoms with Gasteiger partial charge in [0.05, 0.1) is 12.2 Å². The molecule has 20 heavy (non-hydrogen) atoms. The summed E-state index contributed by atoms with van der Waals surface area (Å²) in [5.74, 6) is 0. The van der Waals surface area contributed by atoms with Gasteiger partial charge in [-0.2, -0.15) is 0 Å². The van der Waals surface area contributed by atoms with E-state index in [9.17, 15) is 0 Å². The molecular weight excluding hydrogens is 248 g/mol. The summed E-state index contributed by atoms with van der Waals surface area (Å²) in [7, 11) is 0. The van der Waals surface area contributed by atoms with Gasteiger partial charge in [-0.3, -0.25) is 4.90 Å². The normalized spacial score (nSPS) is 23.9. The number of nitrogens with zero attached hydrogens (tertiary/aromatic N) is 4. The fourth-order valence-electron chi connectivity index (χ4n) is 3.79. The van der Waals surface area contributed by atoms with E-state index >= 15 is 0 Å². The van der Waals surface area contributed by atoms with Crippen molar-refractivity contribution >= 4 is 0 Å². The Morgan fingerprint density at radius 3 is 2.70 bits per heavy atom. The van der Waals surface area contributed by atoms with Gasteiger partial charge in [0.25, 0.3) is 0 Å². The van der Waals surface area contributed by atoms with Crippen LogP contribution in [0.4, 0.5) is 0 Å². The number of aryl methyl sites for hydroxylation is 1. The second-order valence-corrected chi connectivity index (χ2v) is 5.90. The lowest BCUT2D eigenvalue weighted by molar-refractivity contribution is 0.129. The molecule has 0 radical (unpaired) electrons. The van der Waals surface area contributed by atoms with Crippen LogP contribution in [0, 0.1) is 0 Å². The highest BCUT2D eigenvalue weighted by Gasteiger charge is 2.31. The van der Waals surface area contributed by atoms with Crippen LogP contribution in [-0.4, -0.2) is 33.0 Å². The van der Waals surface area contributed by atoms with Gasteiger partial charge in [0.1, 0.15) is 0 Å². The van der Waals surface area contributed by atoms with Gasteiger partial charge in [0.2, 0.25) is 0 Å². The van der Waals surface area contributed by atoms with Gasteiger partial charge >= 0.3 is 0 Å². The van der Waals surface area contributed by atoms with E-state index in [-0.39, 0.29) is 0 Å². The van der Waals surface area contributed by atoms with Gasteiger partial charge in [-0.1, -0.05) is 29.5 Å². The van der Waals surface area contributed by atoms with Crippen molar-refractivity contribution < 1.29 is 0 Å². The first-order valence-electron chi connectivity index (χ1n) is 7.59. The molecule has 104 valence electrons. The van der Waals surface area contributed by atoms with Gasteiger partial charge in [-0.25, -0.2) is 4.68 Å². The fraction of sp³-hybridized carbons (Fsp3) is 0.500. The van der Waals surface area contributed by atoms with Crippen LogP contribution in [-0.2, 0) is 6.42 Å². The first kappa shape index (κ1) is 12.1. The third-order valence-electron chi connectivity index (χ3n) is 4.86. The maximum Gasteiger partial charge on any atom is 0.0693 e. The van der Waals surface area contributed by atoms with Crippen molar-refractivity contribution in [2.75, 3.05) is 13.1 Å². The first-order valence-corrected chi connectivity index (χ1v) is 7.59. The number of hydrogen-bond donors (Lipinski definition) is 0. The van der Waals surface area contributed by atoms with Crippen molar-refractivity contribution in [1.82, 2.24) is 19.9 Å². The quantitative estimate of drug-likeness (QED) is 0.839. The molecule has 1 atom stereocenters. The number of rotatable bonds is 2. The Balaban J connectivity index is 1.45. The molecule has 0 bridgehead atoms. The molecule has 2 aliphatic rings. The number of benzene rings is 1. The number of hydrogen-bond acceptors (Lipinski definition) is 3. The minimum Gasteiger partial charge on any atom is -0.296 e. The molecule has 4 heteroatoms.